The van der Waals surface area contributed by atoms with E-state index in [0.29, 0.717) is 22.8 Å². The second-order valence-electron chi connectivity index (χ2n) is 5.87. The highest BCUT2D eigenvalue weighted by Crippen LogP contribution is 2.38. The first-order chi connectivity index (χ1) is 13.3. The number of carbonyl (C=O) groups is 1. The number of ether oxygens (including phenoxy) is 3. The van der Waals surface area contributed by atoms with Crippen LogP contribution in [0.25, 0.3) is 0 Å². The third-order valence-corrected chi connectivity index (χ3v) is 4.65. The fourth-order valence-electron chi connectivity index (χ4n) is 2.61. The lowest BCUT2D eigenvalue weighted by atomic mass is 10.1. The Bertz CT molecular complexity index is 839. The molecule has 0 heterocycles. The number of benzene rings is 2. The van der Waals surface area contributed by atoms with E-state index in [1.165, 1.54) is 33.5 Å². The lowest BCUT2D eigenvalue weighted by Gasteiger charge is -2.18. The highest BCUT2D eigenvalue weighted by atomic mass is 35.5. The fraction of sp³-hybridized carbons (Fsp3) is 0.316. The highest BCUT2D eigenvalue weighted by Gasteiger charge is 2.17. The summed E-state index contributed by atoms with van der Waals surface area (Å²) in [6.07, 6.45) is 0. The highest BCUT2D eigenvalue weighted by molar-refractivity contribution is 6.35. The summed E-state index contributed by atoms with van der Waals surface area (Å²) in [5, 5.41) is 5.61. The normalized spacial score (nSPS) is 11.5. The van der Waals surface area contributed by atoms with Crippen molar-refractivity contribution in [2.75, 3.05) is 21.3 Å². The van der Waals surface area contributed by atoms with Crippen LogP contribution < -0.4 is 24.8 Å². The van der Waals surface area contributed by atoms with E-state index >= 15 is 0 Å². The predicted octanol–water partition coefficient (Wildman–Crippen LogP) is 4.72. The Hall–Kier alpha value is -2.38. The van der Waals surface area contributed by atoms with E-state index in [1.54, 1.807) is 19.1 Å². The second kappa shape index (κ2) is 9.71. The van der Waals surface area contributed by atoms with Crippen molar-refractivity contribution in [3.05, 3.63) is 51.3 Å². The van der Waals surface area contributed by atoms with E-state index in [2.05, 4.69) is 10.6 Å². The number of carbonyl (C=O) groups excluding carboxylic acids is 1. The van der Waals surface area contributed by atoms with Crippen LogP contribution in [0, 0.1) is 5.82 Å². The molecule has 0 bridgehead atoms. The van der Waals surface area contributed by atoms with E-state index in [9.17, 15) is 9.18 Å². The van der Waals surface area contributed by atoms with Crippen LogP contribution in [0.2, 0.25) is 10.0 Å². The standard InChI is InChI=1S/C19H21Cl2FN2O4/c1-10(12-7-15(22)14(21)8-13(12)20)24-19(25)23-9-11-5-16(26-2)18(28-4)17(6-11)27-3/h5-8,10H,9H2,1-4H3,(H2,23,24,25). The Morgan fingerprint density at radius 1 is 1.04 bits per heavy atom. The van der Waals surface area contributed by atoms with Crippen LogP contribution >= 0.6 is 23.2 Å². The third-order valence-electron chi connectivity index (χ3n) is 4.03. The van der Waals surface area contributed by atoms with Gasteiger partial charge in [0.2, 0.25) is 5.75 Å². The molecular formula is C19H21Cl2FN2O4. The number of amides is 2. The van der Waals surface area contributed by atoms with E-state index < -0.39 is 17.9 Å². The number of nitrogens with one attached hydrogen (secondary N) is 2. The molecule has 0 aliphatic carbocycles. The van der Waals surface area contributed by atoms with Gasteiger partial charge in [0, 0.05) is 11.6 Å². The average Bonchev–Trinajstić information content (AvgIpc) is 2.67. The van der Waals surface area contributed by atoms with E-state index in [-0.39, 0.29) is 16.6 Å². The fourth-order valence-corrected chi connectivity index (χ4v) is 3.16. The van der Waals surface area contributed by atoms with E-state index in [1.807, 2.05) is 0 Å². The molecule has 0 aromatic heterocycles. The first-order valence-electron chi connectivity index (χ1n) is 8.28. The van der Waals surface area contributed by atoms with Crippen LogP contribution in [-0.2, 0) is 6.54 Å². The number of urea groups is 1. The zero-order valence-corrected chi connectivity index (χ0v) is 17.4. The van der Waals surface area contributed by atoms with Gasteiger partial charge in [-0.3, -0.25) is 0 Å². The van der Waals surface area contributed by atoms with Crippen LogP contribution in [-0.4, -0.2) is 27.4 Å². The van der Waals surface area contributed by atoms with Gasteiger partial charge in [-0.25, -0.2) is 9.18 Å². The summed E-state index contributed by atoms with van der Waals surface area (Å²) in [5.74, 6) is 0.825. The minimum atomic E-state index is -0.604. The van der Waals surface area contributed by atoms with Gasteiger partial charge >= 0.3 is 6.03 Å². The molecule has 152 valence electrons. The van der Waals surface area contributed by atoms with Gasteiger partial charge < -0.3 is 24.8 Å². The number of hydrogen-bond donors (Lipinski definition) is 2. The molecule has 28 heavy (non-hydrogen) atoms. The van der Waals surface area contributed by atoms with E-state index in [4.69, 9.17) is 37.4 Å². The van der Waals surface area contributed by atoms with Gasteiger partial charge in [-0.05, 0) is 42.3 Å². The maximum Gasteiger partial charge on any atom is 0.315 e. The van der Waals surface area contributed by atoms with E-state index in [0.717, 1.165) is 5.56 Å². The Morgan fingerprint density at radius 2 is 1.64 bits per heavy atom. The molecule has 9 heteroatoms. The van der Waals surface area contributed by atoms with Gasteiger partial charge in [0.05, 0.1) is 32.4 Å². The smallest absolute Gasteiger partial charge is 0.315 e. The van der Waals surface area contributed by atoms with Crippen molar-refractivity contribution in [1.29, 1.82) is 0 Å². The molecule has 0 saturated heterocycles. The molecule has 2 aromatic carbocycles. The van der Waals surface area contributed by atoms with Crippen LogP contribution in [0.1, 0.15) is 24.1 Å². The molecule has 1 atom stereocenters. The summed E-state index contributed by atoms with van der Waals surface area (Å²) >= 11 is 11.8. The molecule has 0 aliphatic rings. The van der Waals surface area contributed by atoms with Crippen LogP contribution in [0.5, 0.6) is 17.2 Å². The number of methoxy groups -OCH3 is 3. The second-order valence-corrected chi connectivity index (χ2v) is 6.68. The molecule has 0 aliphatic heterocycles. The van der Waals surface area contributed by atoms with Gasteiger partial charge in [-0.1, -0.05) is 23.2 Å². The lowest BCUT2D eigenvalue weighted by molar-refractivity contribution is 0.237. The van der Waals surface area contributed by atoms with Crippen molar-refractivity contribution in [1.82, 2.24) is 10.6 Å². The van der Waals surface area contributed by atoms with Crippen LogP contribution in [0.4, 0.5) is 9.18 Å². The van der Waals surface area contributed by atoms with Crippen molar-refractivity contribution in [3.63, 3.8) is 0 Å². The summed E-state index contributed by atoms with van der Waals surface area (Å²) in [4.78, 5) is 12.2. The Kier molecular flexibility index (Phi) is 7.60. The summed E-state index contributed by atoms with van der Waals surface area (Å²) in [6.45, 7) is 1.89. The molecule has 0 radical (unpaired) electrons. The Balaban J connectivity index is 2.05. The molecule has 1 unspecified atom stereocenters. The number of halogens is 3. The Morgan fingerprint density at radius 3 is 2.18 bits per heavy atom. The molecular weight excluding hydrogens is 410 g/mol. The molecule has 2 N–H and O–H groups in total. The predicted molar refractivity (Wildman–Crippen MR) is 106 cm³/mol. The van der Waals surface area contributed by atoms with Crippen molar-refractivity contribution in [2.45, 2.75) is 19.5 Å². The lowest BCUT2D eigenvalue weighted by Crippen LogP contribution is -2.36. The van der Waals surface area contributed by atoms with Crippen LogP contribution in [0.15, 0.2) is 24.3 Å². The molecule has 2 aromatic rings. The van der Waals surface area contributed by atoms with Crippen LogP contribution in [0.3, 0.4) is 0 Å². The number of hydrogen-bond acceptors (Lipinski definition) is 4. The minimum Gasteiger partial charge on any atom is -0.493 e. The maximum absolute atomic E-state index is 13.7. The quantitative estimate of drug-likeness (QED) is 0.623. The minimum absolute atomic E-state index is 0.0761. The summed E-state index contributed by atoms with van der Waals surface area (Å²) in [6, 6.07) is 4.99. The topological polar surface area (TPSA) is 68.8 Å². The first kappa shape index (κ1) is 21.9. The SMILES string of the molecule is COc1cc(CNC(=O)NC(C)c2cc(F)c(Cl)cc2Cl)cc(OC)c1OC. The summed E-state index contributed by atoms with van der Waals surface area (Å²) < 4.78 is 29.5. The molecule has 0 spiro atoms. The molecule has 0 fully saturated rings. The monoisotopic (exact) mass is 430 g/mol. The summed E-state index contributed by atoms with van der Waals surface area (Å²) in [5.41, 5.74) is 1.17. The molecule has 2 amide bonds. The Labute approximate surface area is 172 Å². The van der Waals surface area contributed by atoms with Gasteiger partial charge in [0.15, 0.2) is 11.5 Å². The zero-order chi connectivity index (χ0) is 20.8. The molecule has 0 saturated carbocycles. The van der Waals surface area contributed by atoms with Gasteiger partial charge in [-0.2, -0.15) is 0 Å². The van der Waals surface area contributed by atoms with Crippen molar-refractivity contribution in [3.8, 4) is 17.2 Å². The van der Waals surface area contributed by atoms with Gasteiger partial charge in [0.25, 0.3) is 0 Å². The average molecular weight is 431 g/mol. The summed E-state index contributed by atoms with van der Waals surface area (Å²) in [7, 11) is 4.54. The molecule has 2 rings (SSSR count). The zero-order valence-electron chi connectivity index (χ0n) is 15.9. The van der Waals surface area contributed by atoms with Crippen molar-refractivity contribution < 1.29 is 23.4 Å². The third kappa shape index (κ3) is 5.11. The molecule has 6 nitrogen and oxygen atoms in total. The van der Waals surface area contributed by atoms with Crippen molar-refractivity contribution in [2.24, 2.45) is 0 Å². The first-order valence-corrected chi connectivity index (χ1v) is 9.04. The van der Waals surface area contributed by atoms with Crippen molar-refractivity contribution >= 4 is 29.2 Å². The maximum atomic E-state index is 13.7. The van der Waals surface area contributed by atoms with Gasteiger partial charge in [-0.15, -0.1) is 0 Å². The van der Waals surface area contributed by atoms with Gasteiger partial charge in [0.1, 0.15) is 5.82 Å². The largest absolute Gasteiger partial charge is 0.493 e. The number of rotatable bonds is 7.